The van der Waals surface area contributed by atoms with Gasteiger partial charge in [0.15, 0.2) is 0 Å². The average Bonchev–Trinajstić information content (AvgIpc) is 2.47. The van der Waals surface area contributed by atoms with Gasteiger partial charge in [-0.05, 0) is 13.8 Å². The number of hydrogen-bond donors (Lipinski definition) is 1. The summed E-state index contributed by atoms with van der Waals surface area (Å²) in [7, 11) is 0. The predicted octanol–water partition coefficient (Wildman–Crippen LogP) is 2.19. The molecule has 0 rings (SSSR count). The molecule has 0 saturated heterocycles. The van der Waals surface area contributed by atoms with Crippen LogP contribution in [0.4, 0.5) is 0 Å². The van der Waals surface area contributed by atoms with Gasteiger partial charge in [0.2, 0.25) is 0 Å². The second-order valence-corrected chi connectivity index (χ2v) is 3.09. The molecule has 0 fully saturated rings. The monoisotopic (exact) mass is 284 g/mol. The second-order valence-electron chi connectivity index (χ2n) is 3.09. The fourth-order valence-electron chi connectivity index (χ4n) is 0.547. The molecule has 0 radical (unpaired) electrons. The summed E-state index contributed by atoms with van der Waals surface area (Å²) in [5.74, 6) is -0.885. The van der Waals surface area contributed by atoms with E-state index in [4.69, 9.17) is 5.11 Å². The van der Waals surface area contributed by atoms with Crippen LogP contribution in [-0.4, -0.2) is 36.4 Å². The van der Waals surface area contributed by atoms with Crippen LogP contribution >= 0.6 is 0 Å². The molecule has 0 bridgehead atoms. The number of carbonyl (C=O) groups excluding carboxylic acids is 2. The Balaban J connectivity index is -0.000000257. The van der Waals surface area contributed by atoms with Crippen molar-refractivity contribution in [3.05, 3.63) is 50.6 Å². The minimum atomic E-state index is -0.603. The van der Waals surface area contributed by atoms with Crippen molar-refractivity contribution in [2.24, 2.45) is 0 Å². The van der Waals surface area contributed by atoms with Gasteiger partial charge in [-0.2, -0.15) is 0 Å². The van der Waals surface area contributed by atoms with Crippen LogP contribution in [0.2, 0.25) is 0 Å². The molecule has 1 atom stereocenters. The summed E-state index contributed by atoms with van der Waals surface area (Å²) in [4.78, 5) is 20.6. The molecule has 0 aromatic carbocycles. The molecule has 0 spiro atoms. The molecule has 5 nitrogen and oxygen atoms in total. The van der Waals surface area contributed by atoms with Gasteiger partial charge in [0.05, 0.1) is 6.10 Å². The highest BCUT2D eigenvalue weighted by molar-refractivity contribution is 5.81. The van der Waals surface area contributed by atoms with E-state index in [-0.39, 0.29) is 12.6 Å². The maximum atomic E-state index is 10.3. The van der Waals surface area contributed by atoms with Gasteiger partial charge in [0.25, 0.3) is 0 Å². The number of hydrogen-bond acceptors (Lipinski definition) is 5. The summed E-state index contributed by atoms with van der Waals surface area (Å²) in [6.45, 7) is 16.2. The van der Waals surface area contributed by atoms with Crippen molar-refractivity contribution in [1.29, 1.82) is 0 Å². The fraction of sp³-hybridized carbons (Fsp3) is 0.333. The highest BCUT2D eigenvalue weighted by Gasteiger charge is 1.98. The number of ether oxygens (including phenoxy) is 2. The lowest BCUT2D eigenvalue weighted by Crippen LogP contribution is -2.13. The summed E-state index contributed by atoms with van der Waals surface area (Å²) in [6.07, 6.45) is 5.16. The SMILES string of the molecule is C=C.C=CC(=O)OCC(C)O.C=CC(=O)OCC=CC. The van der Waals surface area contributed by atoms with Crippen molar-refractivity contribution in [3.63, 3.8) is 0 Å². The Bertz CT molecular complexity index is 305. The van der Waals surface area contributed by atoms with E-state index in [1.54, 1.807) is 6.08 Å². The molecule has 0 aliphatic heterocycles. The molecule has 0 saturated carbocycles. The molecule has 1 N–H and O–H groups in total. The summed E-state index contributed by atoms with van der Waals surface area (Å²) in [6, 6.07) is 0. The summed E-state index contributed by atoms with van der Waals surface area (Å²) < 4.78 is 9.03. The fourth-order valence-corrected chi connectivity index (χ4v) is 0.547. The van der Waals surface area contributed by atoms with E-state index in [9.17, 15) is 9.59 Å². The zero-order valence-electron chi connectivity index (χ0n) is 12.2. The van der Waals surface area contributed by atoms with E-state index in [0.717, 1.165) is 12.2 Å². The summed E-state index contributed by atoms with van der Waals surface area (Å²) >= 11 is 0. The molecule has 0 aromatic rings. The van der Waals surface area contributed by atoms with Gasteiger partial charge in [-0.15, -0.1) is 13.2 Å². The first kappa shape index (κ1) is 23.0. The maximum absolute atomic E-state index is 10.3. The standard InChI is InChI=1S/C7H10O2.C6H10O3.C2H4/c1-3-5-6-9-7(8)4-2;1-3-6(8)9-4-5(2)7;1-2/h3-5H,2,6H2,1H3;3,5,7H,1,4H2,2H3;1-2H2. The molecule has 0 aliphatic rings. The third-order valence-electron chi connectivity index (χ3n) is 1.36. The van der Waals surface area contributed by atoms with Crippen LogP contribution in [-0.2, 0) is 19.1 Å². The number of carbonyl (C=O) groups is 2. The zero-order valence-corrected chi connectivity index (χ0v) is 12.2. The van der Waals surface area contributed by atoms with E-state index in [1.807, 2.05) is 13.0 Å². The number of allylic oxidation sites excluding steroid dienone is 1. The first-order valence-corrected chi connectivity index (χ1v) is 5.85. The average molecular weight is 284 g/mol. The molecule has 0 aliphatic carbocycles. The van der Waals surface area contributed by atoms with Crippen molar-refractivity contribution >= 4 is 11.9 Å². The van der Waals surface area contributed by atoms with Crippen LogP contribution in [0.5, 0.6) is 0 Å². The molecule has 0 heterocycles. The van der Waals surface area contributed by atoms with E-state index in [0.29, 0.717) is 6.61 Å². The quantitative estimate of drug-likeness (QED) is 0.460. The molecule has 1 unspecified atom stereocenters. The molecule has 0 amide bonds. The van der Waals surface area contributed by atoms with Gasteiger partial charge in [-0.25, -0.2) is 9.59 Å². The Hall–Kier alpha value is -2.14. The van der Waals surface area contributed by atoms with Gasteiger partial charge >= 0.3 is 11.9 Å². The zero-order chi connectivity index (χ0) is 16.4. The number of rotatable bonds is 6. The molecule has 20 heavy (non-hydrogen) atoms. The van der Waals surface area contributed by atoms with Crippen molar-refractivity contribution in [3.8, 4) is 0 Å². The minimum absolute atomic E-state index is 0.0326. The van der Waals surface area contributed by atoms with Crippen molar-refractivity contribution < 1.29 is 24.2 Å². The van der Waals surface area contributed by atoms with Gasteiger partial charge in [0, 0.05) is 12.2 Å². The largest absolute Gasteiger partial charge is 0.460 e. The lowest BCUT2D eigenvalue weighted by Gasteiger charge is -2.02. The number of esters is 2. The Morgan fingerprint density at radius 1 is 1.15 bits per heavy atom. The topological polar surface area (TPSA) is 72.8 Å². The first-order chi connectivity index (χ1) is 9.47. The van der Waals surface area contributed by atoms with Gasteiger partial charge in [-0.3, -0.25) is 0 Å². The molecule has 114 valence electrons. The van der Waals surface area contributed by atoms with Crippen LogP contribution < -0.4 is 0 Å². The molecule has 5 heteroatoms. The molecular formula is C15H24O5. The van der Waals surface area contributed by atoms with E-state index >= 15 is 0 Å². The highest BCUT2D eigenvalue weighted by Crippen LogP contribution is 1.83. The van der Waals surface area contributed by atoms with Crippen LogP contribution in [0.15, 0.2) is 50.6 Å². The Morgan fingerprint density at radius 3 is 1.95 bits per heavy atom. The van der Waals surface area contributed by atoms with E-state index < -0.39 is 12.1 Å². The van der Waals surface area contributed by atoms with Gasteiger partial charge in [-0.1, -0.05) is 25.3 Å². The normalized spacial score (nSPS) is 9.95. The third kappa shape index (κ3) is 24.9. The van der Waals surface area contributed by atoms with Crippen LogP contribution in [0.1, 0.15) is 13.8 Å². The lowest BCUT2D eigenvalue weighted by molar-refractivity contribution is -0.140. The second kappa shape index (κ2) is 19.2. The minimum Gasteiger partial charge on any atom is -0.460 e. The van der Waals surface area contributed by atoms with E-state index in [2.05, 4.69) is 35.8 Å². The highest BCUT2D eigenvalue weighted by atomic mass is 16.5. The van der Waals surface area contributed by atoms with Crippen molar-refractivity contribution in [2.45, 2.75) is 20.0 Å². The van der Waals surface area contributed by atoms with Crippen molar-refractivity contribution in [1.82, 2.24) is 0 Å². The maximum Gasteiger partial charge on any atom is 0.330 e. The number of aliphatic hydroxyl groups is 1. The first-order valence-electron chi connectivity index (χ1n) is 5.85. The summed E-state index contributed by atoms with van der Waals surface area (Å²) in [5.41, 5.74) is 0. The third-order valence-corrected chi connectivity index (χ3v) is 1.36. The summed E-state index contributed by atoms with van der Waals surface area (Å²) in [5, 5.41) is 8.59. The van der Waals surface area contributed by atoms with Crippen LogP contribution in [0.3, 0.4) is 0 Å². The predicted molar refractivity (Wildman–Crippen MR) is 80.1 cm³/mol. The molecular weight excluding hydrogens is 260 g/mol. The Kier molecular flexibility index (Phi) is 22.1. The molecule has 0 aromatic heterocycles. The van der Waals surface area contributed by atoms with Crippen LogP contribution in [0, 0.1) is 0 Å². The van der Waals surface area contributed by atoms with Gasteiger partial charge < -0.3 is 14.6 Å². The smallest absolute Gasteiger partial charge is 0.330 e. The number of aliphatic hydroxyl groups excluding tert-OH is 1. The van der Waals surface area contributed by atoms with Crippen LogP contribution in [0.25, 0.3) is 0 Å². The lowest BCUT2D eigenvalue weighted by atomic mass is 10.4. The van der Waals surface area contributed by atoms with Gasteiger partial charge in [0.1, 0.15) is 13.2 Å². The Labute approximate surface area is 120 Å². The van der Waals surface area contributed by atoms with Crippen molar-refractivity contribution in [2.75, 3.05) is 13.2 Å². The van der Waals surface area contributed by atoms with E-state index in [1.165, 1.54) is 6.92 Å². The Morgan fingerprint density at radius 2 is 1.60 bits per heavy atom.